The Kier molecular flexibility index (Phi) is 5.68. The normalized spacial score (nSPS) is 12.0. The highest BCUT2D eigenvalue weighted by molar-refractivity contribution is 8.00. The molecule has 0 saturated carbocycles. The van der Waals surface area contributed by atoms with Gasteiger partial charge in [0.15, 0.2) is 5.16 Å². The maximum Gasteiger partial charge on any atom is 0.237 e. The van der Waals surface area contributed by atoms with E-state index in [1.54, 1.807) is 31.6 Å². The van der Waals surface area contributed by atoms with Crippen molar-refractivity contribution in [3.8, 4) is 5.75 Å². The van der Waals surface area contributed by atoms with Gasteiger partial charge in [-0.3, -0.25) is 4.79 Å². The quantitative estimate of drug-likeness (QED) is 0.818. The smallest absolute Gasteiger partial charge is 0.237 e. The Balaban J connectivity index is 2.01. The van der Waals surface area contributed by atoms with Gasteiger partial charge >= 0.3 is 0 Å². The van der Waals surface area contributed by atoms with Gasteiger partial charge in [0.05, 0.1) is 17.4 Å². The van der Waals surface area contributed by atoms with E-state index in [0.717, 1.165) is 11.7 Å². The van der Waals surface area contributed by atoms with Crippen molar-refractivity contribution in [1.29, 1.82) is 0 Å². The first kappa shape index (κ1) is 16.6. The second-order valence-electron chi connectivity index (χ2n) is 4.50. The topological polar surface area (TPSA) is 69.0 Å². The predicted molar refractivity (Wildman–Crippen MR) is 87.6 cm³/mol. The van der Waals surface area contributed by atoms with Crippen molar-refractivity contribution in [2.24, 2.45) is 0 Å². The number of rotatable bonds is 6. The van der Waals surface area contributed by atoms with Crippen LogP contribution in [0.2, 0.25) is 5.02 Å². The fourth-order valence-electron chi connectivity index (χ4n) is 1.75. The van der Waals surface area contributed by atoms with Crippen molar-refractivity contribution < 1.29 is 9.53 Å². The van der Waals surface area contributed by atoms with Gasteiger partial charge in [0, 0.05) is 12.2 Å². The number of thioether (sulfide) groups is 1. The summed E-state index contributed by atoms with van der Waals surface area (Å²) in [5, 5.41) is 11.5. The zero-order valence-corrected chi connectivity index (χ0v) is 14.1. The van der Waals surface area contributed by atoms with E-state index >= 15 is 0 Å². The number of benzene rings is 1. The van der Waals surface area contributed by atoms with E-state index in [0.29, 0.717) is 16.5 Å². The molecule has 118 valence electrons. The van der Waals surface area contributed by atoms with Gasteiger partial charge in [-0.15, -0.1) is 10.2 Å². The first-order valence-electron chi connectivity index (χ1n) is 6.74. The third kappa shape index (κ3) is 3.92. The van der Waals surface area contributed by atoms with Gasteiger partial charge in [-0.25, -0.2) is 0 Å². The molecule has 1 N–H and O–H groups in total. The molecule has 0 aliphatic carbocycles. The van der Waals surface area contributed by atoms with Crippen LogP contribution in [-0.4, -0.2) is 33.0 Å². The molecule has 0 aliphatic heterocycles. The van der Waals surface area contributed by atoms with Crippen LogP contribution >= 0.6 is 23.4 Å². The average molecular weight is 341 g/mol. The molecule has 2 aromatic rings. The minimum absolute atomic E-state index is 0.128. The fourth-order valence-corrected chi connectivity index (χ4v) is 2.90. The molecule has 1 unspecified atom stereocenters. The number of hydrogen-bond donors (Lipinski definition) is 1. The van der Waals surface area contributed by atoms with E-state index in [1.807, 2.05) is 18.4 Å². The summed E-state index contributed by atoms with van der Waals surface area (Å²) < 4.78 is 6.97. The second kappa shape index (κ2) is 7.51. The van der Waals surface area contributed by atoms with Crippen LogP contribution in [-0.2, 0) is 11.3 Å². The number of aromatic nitrogens is 3. The lowest BCUT2D eigenvalue weighted by Gasteiger charge is -2.12. The monoisotopic (exact) mass is 340 g/mol. The van der Waals surface area contributed by atoms with Crippen LogP contribution in [0.5, 0.6) is 5.75 Å². The standard InChI is InChI=1S/C14H17ClN4O2S/c1-4-19-8-16-18-14(19)22-9(2)13(20)17-10-5-6-12(21-3)11(15)7-10/h5-9H,4H2,1-3H3,(H,17,20). The number of methoxy groups -OCH3 is 1. The number of carbonyl (C=O) groups is 1. The summed E-state index contributed by atoms with van der Waals surface area (Å²) in [7, 11) is 1.54. The maximum atomic E-state index is 12.2. The van der Waals surface area contributed by atoms with Crippen LogP contribution in [0.1, 0.15) is 13.8 Å². The Morgan fingerprint density at radius 2 is 2.32 bits per heavy atom. The number of ether oxygens (including phenoxy) is 1. The lowest BCUT2D eigenvalue weighted by molar-refractivity contribution is -0.115. The molecule has 0 aliphatic rings. The lowest BCUT2D eigenvalue weighted by Crippen LogP contribution is -2.22. The van der Waals surface area contributed by atoms with Gasteiger partial charge in [-0.2, -0.15) is 0 Å². The highest BCUT2D eigenvalue weighted by atomic mass is 35.5. The number of nitrogens with one attached hydrogen (secondary N) is 1. The number of aryl methyl sites for hydroxylation is 1. The first-order valence-corrected chi connectivity index (χ1v) is 7.99. The number of hydrogen-bond acceptors (Lipinski definition) is 5. The van der Waals surface area contributed by atoms with Crippen LogP contribution in [0.15, 0.2) is 29.7 Å². The molecule has 22 heavy (non-hydrogen) atoms. The molecule has 0 bridgehead atoms. The van der Waals surface area contributed by atoms with Gasteiger partial charge < -0.3 is 14.6 Å². The van der Waals surface area contributed by atoms with Gasteiger partial charge in [0.1, 0.15) is 12.1 Å². The number of nitrogens with zero attached hydrogens (tertiary/aromatic N) is 3. The van der Waals surface area contributed by atoms with Gasteiger partial charge in [0.25, 0.3) is 0 Å². The van der Waals surface area contributed by atoms with Gasteiger partial charge in [-0.05, 0) is 32.0 Å². The van der Waals surface area contributed by atoms with Crippen LogP contribution in [0.3, 0.4) is 0 Å². The zero-order chi connectivity index (χ0) is 16.1. The zero-order valence-electron chi connectivity index (χ0n) is 12.5. The molecule has 1 aromatic heterocycles. The average Bonchev–Trinajstić information content (AvgIpc) is 2.94. The van der Waals surface area contributed by atoms with E-state index in [-0.39, 0.29) is 11.2 Å². The van der Waals surface area contributed by atoms with Crippen molar-refractivity contribution in [2.75, 3.05) is 12.4 Å². The van der Waals surface area contributed by atoms with E-state index in [2.05, 4.69) is 15.5 Å². The van der Waals surface area contributed by atoms with E-state index < -0.39 is 0 Å². The molecular weight excluding hydrogens is 324 g/mol. The van der Waals surface area contributed by atoms with Gasteiger partial charge in [0.2, 0.25) is 5.91 Å². The summed E-state index contributed by atoms with van der Waals surface area (Å²) in [5.74, 6) is 0.440. The molecule has 1 atom stereocenters. The second-order valence-corrected chi connectivity index (χ2v) is 6.21. The Bertz CT molecular complexity index is 662. The molecule has 1 amide bonds. The molecule has 2 rings (SSSR count). The Morgan fingerprint density at radius 1 is 1.55 bits per heavy atom. The lowest BCUT2D eigenvalue weighted by atomic mass is 10.3. The third-order valence-corrected chi connectivity index (χ3v) is 4.38. The van der Waals surface area contributed by atoms with E-state index in [9.17, 15) is 4.79 Å². The Hall–Kier alpha value is -1.73. The molecule has 1 heterocycles. The van der Waals surface area contributed by atoms with Crippen molar-refractivity contribution in [2.45, 2.75) is 30.8 Å². The number of carbonyl (C=O) groups excluding carboxylic acids is 1. The molecule has 0 spiro atoms. The summed E-state index contributed by atoms with van der Waals surface area (Å²) in [6.45, 7) is 4.58. The Labute approximate surface area is 138 Å². The number of halogens is 1. The largest absolute Gasteiger partial charge is 0.495 e. The van der Waals surface area contributed by atoms with E-state index in [1.165, 1.54) is 11.8 Å². The van der Waals surface area contributed by atoms with Crippen molar-refractivity contribution in [3.05, 3.63) is 29.5 Å². The number of anilines is 1. The number of amides is 1. The summed E-state index contributed by atoms with van der Waals surface area (Å²) in [6, 6.07) is 5.11. The third-order valence-electron chi connectivity index (χ3n) is 2.99. The SMILES string of the molecule is CCn1cnnc1SC(C)C(=O)Nc1ccc(OC)c(Cl)c1. The molecule has 0 saturated heterocycles. The highest BCUT2D eigenvalue weighted by Gasteiger charge is 2.18. The van der Waals surface area contributed by atoms with E-state index in [4.69, 9.17) is 16.3 Å². The van der Waals surface area contributed by atoms with Crippen molar-refractivity contribution in [1.82, 2.24) is 14.8 Å². The van der Waals surface area contributed by atoms with Crippen LogP contribution in [0, 0.1) is 0 Å². The summed E-state index contributed by atoms with van der Waals surface area (Å²) in [5.41, 5.74) is 0.625. The van der Waals surface area contributed by atoms with Gasteiger partial charge in [-0.1, -0.05) is 23.4 Å². The first-order chi connectivity index (χ1) is 10.5. The minimum atomic E-state index is -0.310. The molecule has 0 fully saturated rings. The minimum Gasteiger partial charge on any atom is -0.495 e. The van der Waals surface area contributed by atoms with Crippen LogP contribution in [0.25, 0.3) is 0 Å². The molecule has 1 aromatic carbocycles. The fraction of sp³-hybridized carbons (Fsp3) is 0.357. The summed E-state index contributed by atoms with van der Waals surface area (Å²) >= 11 is 7.40. The molecule has 0 radical (unpaired) electrons. The molecular formula is C14H17ClN4O2S. The summed E-state index contributed by atoms with van der Waals surface area (Å²) in [4.78, 5) is 12.2. The van der Waals surface area contributed by atoms with Crippen molar-refractivity contribution in [3.63, 3.8) is 0 Å². The highest BCUT2D eigenvalue weighted by Crippen LogP contribution is 2.28. The predicted octanol–water partition coefficient (Wildman–Crippen LogP) is 3.08. The molecule has 6 nitrogen and oxygen atoms in total. The summed E-state index contributed by atoms with van der Waals surface area (Å²) in [6.07, 6.45) is 1.65. The molecule has 8 heteroatoms. The van der Waals surface area contributed by atoms with Crippen LogP contribution in [0.4, 0.5) is 5.69 Å². The Morgan fingerprint density at radius 3 is 2.95 bits per heavy atom. The van der Waals surface area contributed by atoms with Crippen LogP contribution < -0.4 is 10.1 Å². The van der Waals surface area contributed by atoms with Crippen molar-refractivity contribution >= 4 is 35.0 Å². The maximum absolute atomic E-state index is 12.2.